The topological polar surface area (TPSA) is 149 Å². The average Bonchev–Trinajstić information content (AvgIpc) is 2.62. The van der Waals surface area contributed by atoms with Crippen molar-refractivity contribution in [1.82, 2.24) is 5.32 Å². The molecule has 1 aliphatic rings. The van der Waals surface area contributed by atoms with Crippen LogP contribution in [0.4, 0.5) is 0 Å². The smallest absolute Gasteiger partial charge is 0.124 e. The Balaban J connectivity index is 2.27. The van der Waals surface area contributed by atoms with E-state index in [-0.39, 0.29) is 17.6 Å². The first-order valence-electron chi connectivity index (χ1n) is 8.20. The van der Waals surface area contributed by atoms with Gasteiger partial charge in [0.15, 0.2) is 0 Å². The lowest BCUT2D eigenvalue weighted by Gasteiger charge is -2.19. The Morgan fingerprint density at radius 1 is 1.24 bits per heavy atom. The van der Waals surface area contributed by atoms with Crippen molar-refractivity contribution >= 4 is 11.9 Å². The first-order chi connectivity index (χ1) is 12.0. The molecular weight excluding hydrogens is 316 g/mol. The zero-order chi connectivity index (χ0) is 18.2. The predicted octanol–water partition coefficient (Wildman–Crippen LogP) is 0.486. The molecule has 1 aromatic carbocycles. The molecule has 2 rings (SSSR count). The van der Waals surface area contributed by atoms with Crippen LogP contribution in [0.15, 0.2) is 58.5 Å². The molecule has 0 spiro atoms. The van der Waals surface area contributed by atoms with E-state index in [0.717, 1.165) is 25.9 Å². The number of nitrogens with one attached hydrogen (secondary N) is 1. The van der Waals surface area contributed by atoms with E-state index in [0.29, 0.717) is 22.4 Å². The first kappa shape index (κ1) is 18.4. The molecule has 134 valence electrons. The molecule has 1 fully saturated rings. The van der Waals surface area contributed by atoms with Crippen molar-refractivity contribution in [3.05, 3.63) is 59.1 Å². The number of allylic oxidation sites excluding steroid dienone is 3. The van der Waals surface area contributed by atoms with E-state index in [1.807, 2.05) is 0 Å². The Morgan fingerprint density at radius 2 is 2.00 bits per heavy atom. The summed E-state index contributed by atoms with van der Waals surface area (Å²) in [6.45, 7) is 1.85. The van der Waals surface area contributed by atoms with Gasteiger partial charge in [-0.05, 0) is 37.6 Å². The standard InChI is InChI=1S/C18H26N6O/c19-9-12(10-24-13-4-3-7-23-11-13)15(18(21)22)8-16(20)14-5-1-2-6-17(14)25/h1-2,5-6,8-10,13,23,25H,3-4,7,11,19-22H2/b12-9+,16-8-,24-10?. The van der Waals surface area contributed by atoms with Gasteiger partial charge < -0.3 is 33.4 Å². The zero-order valence-corrected chi connectivity index (χ0v) is 14.2. The van der Waals surface area contributed by atoms with Gasteiger partial charge in [-0.3, -0.25) is 4.99 Å². The van der Waals surface area contributed by atoms with Crippen LogP contribution in [-0.4, -0.2) is 30.5 Å². The second-order valence-electron chi connectivity index (χ2n) is 5.89. The van der Waals surface area contributed by atoms with E-state index in [9.17, 15) is 5.11 Å². The molecule has 0 amide bonds. The first-order valence-corrected chi connectivity index (χ1v) is 8.20. The Bertz CT molecular complexity index is 710. The van der Waals surface area contributed by atoms with Crippen molar-refractivity contribution in [1.29, 1.82) is 0 Å². The summed E-state index contributed by atoms with van der Waals surface area (Å²) in [4.78, 5) is 4.55. The van der Waals surface area contributed by atoms with E-state index in [2.05, 4.69) is 10.3 Å². The van der Waals surface area contributed by atoms with Gasteiger partial charge in [0.2, 0.25) is 0 Å². The summed E-state index contributed by atoms with van der Waals surface area (Å²) in [7, 11) is 0. The van der Waals surface area contributed by atoms with Crippen LogP contribution >= 0.6 is 0 Å². The van der Waals surface area contributed by atoms with Crippen LogP contribution in [0, 0.1) is 0 Å². The highest BCUT2D eigenvalue weighted by Crippen LogP contribution is 2.23. The van der Waals surface area contributed by atoms with Gasteiger partial charge in [-0.25, -0.2) is 0 Å². The lowest BCUT2D eigenvalue weighted by Crippen LogP contribution is -2.32. The van der Waals surface area contributed by atoms with Gasteiger partial charge in [-0.2, -0.15) is 0 Å². The summed E-state index contributed by atoms with van der Waals surface area (Å²) >= 11 is 0. The number of para-hydroxylation sites is 1. The minimum absolute atomic E-state index is 0.0725. The molecule has 0 saturated carbocycles. The molecular formula is C18H26N6O. The lowest BCUT2D eigenvalue weighted by atomic mass is 10.0. The van der Waals surface area contributed by atoms with E-state index in [1.54, 1.807) is 36.6 Å². The number of phenols is 1. The Labute approximate surface area is 147 Å². The van der Waals surface area contributed by atoms with Crippen molar-refractivity contribution in [2.24, 2.45) is 27.9 Å². The quantitative estimate of drug-likeness (QED) is 0.339. The van der Waals surface area contributed by atoms with Gasteiger partial charge in [-0.1, -0.05) is 12.1 Å². The second-order valence-corrected chi connectivity index (χ2v) is 5.89. The molecule has 7 heteroatoms. The van der Waals surface area contributed by atoms with Crippen LogP contribution in [0.25, 0.3) is 5.70 Å². The minimum atomic E-state index is 0.0725. The maximum absolute atomic E-state index is 9.93. The molecule has 0 aromatic heterocycles. The lowest BCUT2D eigenvalue weighted by molar-refractivity contribution is 0.462. The molecule has 1 atom stereocenters. The molecule has 1 saturated heterocycles. The molecule has 0 radical (unpaired) electrons. The van der Waals surface area contributed by atoms with Crippen LogP contribution in [0.1, 0.15) is 18.4 Å². The molecule has 1 heterocycles. The monoisotopic (exact) mass is 342 g/mol. The number of benzene rings is 1. The third kappa shape index (κ3) is 5.02. The number of aromatic hydroxyl groups is 1. The van der Waals surface area contributed by atoms with E-state index in [1.165, 1.54) is 6.20 Å². The SMILES string of the molecule is N/C=C(\C=NC1CCCNC1)C(/C=C(\N)c1ccccc1O)=C(N)N. The van der Waals surface area contributed by atoms with Crippen LogP contribution in [0.3, 0.4) is 0 Å². The summed E-state index contributed by atoms with van der Waals surface area (Å²) in [5.74, 6) is 0.148. The molecule has 0 bridgehead atoms. The fraction of sp³-hybridized carbons (Fsp3) is 0.278. The Morgan fingerprint density at radius 3 is 2.60 bits per heavy atom. The fourth-order valence-electron chi connectivity index (χ4n) is 2.63. The number of phenolic OH excluding ortho intramolecular Hbond substituents is 1. The van der Waals surface area contributed by atoms with Crippen molar-refractivity contribution in [2.45, 2.75) is 18.9 Å². The summed E-state index contributed by atoms with van der Waals surface area (Å²) < 4.78 is 0. The van der Waals surface area contributed by atoms with Gasteiger partial charge in [0.25, 0.3) is 0 Å². The number of hydrogen-bond donors (Lipinski definition) is 6. The Hall–Kier alpha value is -2.93. The summed E-state index contributed by atoms with van der Waals surface area (Å²) in [6.07, 6.45) is 6.76. The molecule has 7 nitrogen and oxygen atoms in total. The summed E-state index contributed by atoms with van der Waals surface area (Å²) in [6, 6.07) is 6.96. The van der Waals surface area contributed by atoms with Gasteiger partial charge in [-0.15, -0.1) is 0 Å². The van der Waals surface area contributed by atoms with Crippen molar-refractivity contribution in [3.63, 3.8) is 0 Å². The highest BCUT2D eigenvalue weighted by molar-refractivity contribution is 5.88. The van der Waals surface area contributed by atoms with Crippen LogP contribution in [0.2, 0.25) is 0 Å². The summed E-state index contributed by atoms with van der Waals surface area (Å²) in [5.41, 5.74) is 25.3. The number of rotatable bonds is 5. The normalized spacial score (nSPS) is 19.1. The number of nitrogens with zero attached hydrogens (tertiary/aromatic N) is 1. The molecule has 1 aliphatic heterocycles. The van der Waals surface area contributed by atoms with Crippen LogP contribution in [-0.2, 0) is 0 Å². The van der Waals surface area contributed by atoms with Crippen molar-refractivity contribution in [2.75, 3.05) is 13.1 Å². The van der Waals surface area contributed by atoms with Crippen molar-refractivity contribution in [3.8, 4) is 5.75 Å². The van der Waals surface area contributed by atoms with E-state index >= 15 is 0 Å². The predicted molar refractivity (Wildman–Crippen MR) is 102 cm³/mol. The molecule has 0 aliphatic carbocycles. The zero-order valence-electron chi connectivity index (χ0n) is 14.2. The number of aliphatic imine (C=N–C) groups is 1. The van der Waals surface area contributed by atoms with Crippen LogP contribution in [0.5, 0.6) is 5.75 Å². The number of hydrogen-bond acceptors (Lipinski definition) is 7. The molecule has 25 heavy (non-hydrogen) atoms. The van der Waals surface area contributed by atoms with Gasteiger partial charge in [0.05, 0.1) is 6.04 Å². The number of piperidine rings is 1. The van der Waals surface area contributed by atoms with Gasteiger partial charge in [0, 0.05) is 41.4 Å². The Kier molecular flexibility index (Phi) is 6.47. The number of nitrogens with two attached hydrogens (primary N) is 4. The highest BCUT2D eigenvalue weighted by Gasteiger charge is 2.12. The molecule has 10 N–H and O–H groups in total. The van der Waals surface area contributed by atoms with Gasteiger partial charge in [0.1, 0.15) is 11.6 Å². The van der Waals surface area contributed by atoms with E-state index in [4.69, 9.17) is 22.9 Å². The summed E-state index contributed by atoms with van der Waals surface area (Å²) in [5, 5.41) is 13.2. The van der Waals surface area contributed by atoms with E-state index < -0.39 is 0 Å². The average molecular weight is 342 g/mol. The third-order valence-corrected chi connectivity index (χ3v) is 4.01. The third-order valence-electron chi connectivity index (χ3n) is 4.01. The van der Waals surface area contributed by atoms with Gasteiger partial charge >= 0.3 is 0 Å². The highest BCUT2D eigenvalue weighted by atomic mass is 16.3. The van der Waals surface area contributed by atoms with Crippen molar-refractivity contribution < 1.29 is 5.11 Å². The molecule has 1 unspecified atom stereocenters. The van der Waals surface area contributed by atoms with Crippen LogP contribution < -0.4 is 28.3 Å². The molecule has 1 aromatic rings. The largest absolute Gasteiger partial charge is 0.507 e. The second kappa shape index (κ2) is 8.79. The maximum atomic E-state index is 9.93. The fourth-order valence-corrected chi connectivity index (χ4v) is 2.63. The maximum Gasteiger partial charge on any atom is 0.124 e. The minimum Gasteiger partial charge on any atom is -0.507 e.